The molecule has 0 aromatic carbocycles. The van der Waals surface area contributed by atoms with Gasteiger partial charge in [0.05, 0.1) is 6.20 Å². The van der Waals surface area contributed by atoms with Crippen LogP contribution in [0.5, 0.6) is 0 Å². The Bertz CT molecular complexity index is 70.6. The Hall–Kier alpha value is -0.740. The molecule has 0 spiro atoms. The second kappa shape index (κ2) is 5.26. The van der Waals surface area contributed by atoms with Crippen LogP contribution in [0.25, 0.3) is 0 Å². The highest BCUT2D eigenvalue weighted by Crippen LogP contribution is 1.66. The molecule has 3 N–H and O–H groups in total. The lowest BCUT2D eigenvalue weighted by Gasteiger charge is -1.81. The molecule has 0 fully saturated rings. The quantitative estimate of drug-likeness (QED) is 0.292. The zero-order valence-corrected chi connectivity index (χ0v) is 3.79. The van der Waals surface area contributed by atoms with Crippen molar-refractivity contribution < 1.29 is 0 Å². The van der Waals surface area contributed by atoms with E-state index >= 15 is 0 Å². The van der Waals surface area contributed by atoms with E-state index in [4.69, 9.17) is 5.84 Å². The number of rotatable bonds is 3. The molecule has 0 amide bonds. The van der Waals surface area contributed by atoms with Crippen molar-refractivity contribution in [2.24, 2.45) is 11.0 Å². The van der Waals surface area contributed by atoms with E-state index < -0.39 is 0 Å². The van der Waals surface area contributed by atoms with Crippen molar-refractivity contribution in [3.8, 4) is 0 Å². The zero-order chi connectivity index (χ0) is 5.54. The predicted molar refractivity (Wildman–Crippen MR) is 27.1 cm³/mol. The number of hydrogen-bond donors (Lipinski definition) is 2. The van der Waals surface area contributed by atoms with Crippen LogP contribution in [0.4, 0.5) is 0 Å². The largest absolute Gasteiger partial charge is 0.271 e. The number of nitroso groups, excluding NO2 is 1. The summed E-state index contributed by atoms with van der Waals surface area (Å²) in [5, 5.41) is 2.45. The average Bonchev–Trinajstić information content (AvgIpc) is 1.69. The smallest absolute Gasteiger partial charge is 0.0688 e. The number of nitrogens with two attached hydrogens (primary N) is 1. The minimum Gasteiger partial charge on any atom is -0.271 e. The molecule has 0 bridgehead atoms. The Morgan fingerprint density at radius 1 is 1.86 bits per heavy atom. The second-order valence-electron chi connectivity index (χ2n) is 0.898. The van der Waals surface area contributed by atoms with Crippen LogP contribution in [0.3, 0.4) is 0 Å². The molecular formula is C3H7N3O. The summed E-state index contributed by atoms with van der Waals surface area (Å²) in [5.74, 6) is 4.82. The summed E-state index contributed by atoms with van der Waals surface area (Å²) in [6.07, 6.45) is 2.66. The van der Waals surface area contributed by atoms with Gasteiger partial charge >= 0.3 is 0 Å². The van der Waals surface area contributed by atoms with Crippen molar-refractivity contribution in [3.63, 3.8) is 0 Å². The molecule has 0 heterocycles. The monoisotopic (exact) mass is 101 g/mol. The van der Waals surface area contributed by atoms with Crippen LogP contribution in [0, 0.1) is 4.91 Å². The molecule has 0 aromatic heterocycles. The first-order chi connectivity index (χ1) is 3.41. The van der Waals surface area contributed by atoms with Gasteiger partial charge in [-0.25, -0.2) is 0 Å². The first-order valence-electron chi connectivity index (χ1n) is 1.82. The van der Waals surface area contributed by atoms with Gasteiger partial charge in [0, 0.05) is 6.54 Å². The molecule has 0 aliphatic carbocycles. The third kappa shape index (κ3) is 5.26. The summed E-state index contributed by atoms with van der Waals surface area (Å²) in [4.78, 5) is 9.27. The average molecular weight is 101 g/mol. The third-order valence-corrected chi connectivity index (χ3v) is 0.402. The van der Waals surface area contributed by atoms with E-state index in [1.165, 1.54) is 6.08 Å². The summed E-state index contributed by atoms with van der Waals surface area (Å²) in [5.41, 5.74) is 2.32. The van der Waals surface area contributed by atoms with E-state index in [1.807, 2.05) is 0 Å². The summed E-state index contributed by atoms with van der Waals surface area (Å²) in [6, 6.07) is 0. The van der Waals surface area contributed by atoms with Crippen molar-refractivity contribution in [1.82, 2.24) is 5.43 Å². The molecule has 0 aliphatic heterocycles. The summed E-state index contributed by atoms with van der Waals surface area (Å²) in [7, 11) is 0. The van der Waals surface area contributed by atoms with Crippen LogP contribution < -0.4 is 11.3 Å². The van der Waals surface area contributed by atoms with E-state index in [0.29, 0.717) is 6.54 Å². The molecule has 40 valence electrons. The van der Waals surface area contributed by atoms with Crippen molar-refractivity contribution in [3.05, 3.63) is 17.2 Å². The van der Waals surface area contributed by atoms with Gasteiger partial charge in [-0.1, -0.05) is 0 Å². The highest BCUT2D eigenvalue weighted by atomic mass is 16.2. The molecule has 0 aromatic rings. The maximum absolute atomic E-state index is 9.27. The summed E-state index contributed by atoms with van der Waals surface area (Å²) in [6.45, 7) is 0.478. The van der Waals surface area contributed by atoms with Crippen molar-refractivity contribution in [1.29, 1.82) is 0 Å². The van der Waals surface area contributed by atoms with Gasteiger partial charge in [-0.2, -0.15) is 0 Å². The number of nitrogens with zero attached hydrogens (tertiary/aromatic N) is 1. The Morgan fingerprint density at radius 2 is 2.57 bits per heavy atom. The van der Waals surface area contributed by atoms with Gasteiger partial charge in [-0.05, 0) is 11.3 Å². The normalized spacial score (nSPS) is 9.86. The first kappa shape index (κ1) is 6.26. The standard InChI is InChI=1S/C3H7N3O/c4-5-2-1-3-6-7/h1,3,5H,2,4H2. The number of nitrogens with one attached hydrogen (secondary N) is 1. The van der Waals surface area contributed by atoms with Gasteiger partial charge in [-0.3, -0.25) is 11.3 Å². The Labute approximate surface area is 41.3 Å². The fraction of sp³-hybridized carbons (Fsp3) is 0.333. The van der Waals surface area contributed by atoms with Gasteiger partial charge in [0.15, 0.2) is 0 Å². The van der Waals surface area contributed by atoms with Gasteiger partial charge in [0.25, 0.3) is 0 Å². The number of hydrazine groups is 1. The summed E-state index contributed by atoms with van der Waals surface area (Å²) >= 11 is 0. The minimum atomic E-state index is 0.478. The lowest BCUT2D eigenvalue weighted by molar-refractivity contribution is 0.822. The van der Waals surface area contributed by atoms with Crippen molar-refractivity contribution in [2.75, 3.05) is 6.54 Å². The first-order valence-corrected chi connectivity index (χ1v) is 1.82. The lowest BCUT2D eigenvalue weighted by Crippen LogP contribution is -2.21. The van der Waals surface area contributed by atoms with Crippen LogP contribution in [-0.4, -0.2) is 6.54 Å². The van der Waals surface area contributed by atoms with E-state index in [9.17, 15) is 4.91 Å². The minimum absolute atomic E-state index is 0.478. The molecule has 4 nitrogen and oxygen atoms in total. The molecule has 0 rings (SSSR count). The maximum atomic E-state index is 9.27. The SMILES string of the molecule is NNCC=CN=O. The van der Waals surface area contributed by atoms with Gasteiger partial charge in [0.2, 0.25) is 0 Å². The molecule has 0 radical (unpaired) electrons. The molecular weight excluding hydrogens is 94.1 g/mol. The molecule has 7 heavy (non-hydrogen) atoms. The summed E-state index contributed by atoms with van der Waals surface area (Å²) < 4.78 is 0. The van der Waals surface area contributed by atoms with E-state index in [2.05, 4.69) is 10.6 Å². The molecule has 0 unspecified atom stereocenters. The van der Waals surface area contributed by atoms with Gasteiger partial charge < -0.3 is 0 Å². The molecule has 0 saturated carbocycles. The van der Waals surface area contributed by atoms with Crippen LogP contribution >= 0.6 is 0 Å². The third-order valence-electron chi connectivity index (χ3n) is 0.402. The maximum Gasteiger partial charge on any atom is 0.0688 e. The Morgan fingerprint density at radius 3 is 3.00 bits per heavy atom. The molecule has 0 saturated heterocycles. The van der Waals surface area contributed by atoms with Crippen LogP contribution in [-0.2, 0) is 0 Å². The molecule has 4 heteroatoms. The van der Waals surface area contributed by atoms with Gasteiger partial charge in [0.1, 0.15) is 0 Å². The predicted octanol–water partition coefficient (Wildman–Crippen LogP) is -0.270. The Balaban J connectivity index is 2.92. The fourth-order valence-electron chi connectivity index (χ4n) is 0.164. The van der Waals surface area contributed by atoms with E-state index in [0.717, 1.165) is 6.20 Å². The van der Waals surface area contributed by atoms with E-state index in [-0.39, 0.29) is 0 Å². The molecule has 0 atom stereocenters. The van der Waals surface area contributed by atoms with Crippen LogP contribution in [0.15, 0.2) is 17.5 Å². The fourth-order valence-corrected chi connectivity index (χ4v) is 0.164. The lowest BCUT2D eigenvalue weighted by atomic mass is 10.6. The van der Waals surface area contributed by atoms with Crippen molar-refractivity contribution >= 4 is 0 Å². The topological polar surface area (TPSA) is 67.5 Å². The van der Waals surface area contributed by atoms with Crippen molar-refractivity contribution in [2.45, 2.75) is 0 Å². The number of hydrogen-bond acceptors (Lipinski definition) is 4. The zero-order valence-electron chi connectivity index (χ0n) is 3.79. The second-order valence-corrected chi connectivity index (χ2v) is 0.898. The molecule has 0 aliphatic rings. The van der Waals surface area contributed by atoms with Gasteiger partial charge in [-0.15, -0.1) is 4.91 Å². The van der Waals surface area contributed by atoms with E-state index in [1.54, 1.807) is 0 Å². The highest BCUT2D eigenvalue weighted by Gasteiger charge is 1.65. The van der Waals surface area contributed by atoms with Crippen LogP contribution in [0.2, 0.25) is 0 Å². The Kier molecular flexibility index (Phi) is 4.70. The van der Waals surface area contributed by atoms with Crippen LogP contribution in [0.1, 0.15) is 0 Å². The highest BCUT2D eigenvalue weighted by molar-refractivity contribution is 4.79.